The first kappa shape index (κ1) is 21.6. The van der Waals surface area contributed by atoms with Gasteiger partial charge in [0, 0.05) is 33.7 Å². The Balaban J connectivity index is 1.99. The highest BCUT2D eigenvalue weighted by Crippen LogP contribution is 2.45. The molecular formula is C21H22BrF3N2O2. The van der Waals surface area contributed by atoms with Crippen LogP contribution in [-0.4, -0.2) is 34.0 Å². The second-order valence-corrected chi connectivity index (χ2v) is 8.78. The zero-order valence-corrected chi connectivity index (χ0v) is 17.9. The molecule has 0 fully saturated rings. The summed E-state index contributed by atoms with van der Waals surface area (Å²) < 4.78 is 48.2. The fourth-order valence-electron chi connectivity index (χ4n) is 3.74. The number of nitrogens with one attached hydrogen (secondary N) is 1. The molecule has 2 aromatic heterocycles. The Labute approximate surface area is 175 Å². The van der Waals surface area contributed by atoms with E-state index in [4.69, 9.17) is 4.74 Å². The van der Waals surface area contributed by atoms with Gasteiger partial charge in [0.1, 0.15) is 5.75 Å². The summed E-state index contributed by atoms with van der Waals surface area (Å²) in [6, 6.07) is 8.49. The first-order chi connectivity index (χ1) is 13.4. The number of hydrogen-bond donors (Lipinski definition) is 2. The van der Waals surface area contributed by atoms with E-state index in [0.29, 0.717) is 22.5 Å². The van der Waals surface area contributed by atoms with Crippen molar-refractivity contribution in [3.8, 4) is 5.75 Å². The third-order valence-electron chi connectivity index (χ3n) is 5.12. The smallest absolute Gasteiger partial charge is 0.417 e. The van der Waals surface area contributed by atoms with Crippen LogP contribution in [0.2, 0.25) is 0 Å². The summed E-state index contributed by atoms with van der Waals surface area (Å²) in [5.74, 6) is 0.472. The minimum Gasteiger partial charge on any atom is -0.496 e. The quantitative estimate of drug-likeness (QED) is 0.497. The lowest BCUT2D eigenvalue weighted by Gasteiger charge is -2.38. The van der Waals surface area contributed by atoms with Crippen LogP contribution in [-0.2, 0) is 11.8 Å². The van der Waals surface area contributed by atoms with E-state index >= 15 is 0 Å². The number of rotatable bonds is 6. The molecule has 0 unspecified atom stereocenters. The Morgan fingerprint density at radius 1 is 1.17 bits per heavy atom. The van der Waals surface area contributed by atoms with E-state index in [1.807, 2.05) is 0 Å². The van der Waals surface area contributed by atoms with Gasteiger partial charge in [-0.05, 0) is 42.2 Å². The van der Waals surface area contributed by atoms with E-state index < -0.39 is 30.0 Å². The first-order valence-corrected chi connectivity index (χ1v) is 9.79. The predicted octanol–water partition coefficient (Wildman–Crippen LogP) is 5.54. The lowest BCUT2D eigenvalue weighted by molar-refractivity contribution is -0.266. The van der Waals surface area contributed by atoms with Gasteiger partial charge < -0.3 is 14.8 Å². The van der Waals surface area contributed by atoms with Crippen LogP contribution in [0, 0.1) is 0 Å². The molecule has 0 bridgehead atoms. The monoisotopic (exact) mass is 470 g/mol. The largest absolute Gasteiger partial charge is 0.496 e. The molecule has 0 spiro atoms. The van der Waals surface area contributed by atoms with E-state index in [2.05, 4.69) is 25.9 Å². The zero-order valence-electron chi connectivity index (χ0n) is 16.3. The number of ether oxygens (including phenoxy) is 1. The van der Waals surface area contributed by atoms with Crippen LogP contribution < -0.4 is 4.74 Å². The second kappa shape index (κ2) is 7.65. The van der Waals surface area contributed by atoms with Crippen molar-refractivity contribution in [3.63, 3.8) is 0 Å². The van der Waals surface area contributed by atoms with Gasteiger partial charge in [0.05, 0.1) is 18.8 Å². The van der Waals surface area contributed by atoms with Gasteiger partial charge in [0.25, 0.3) is 0 Å². The van der Waals surface area contributed by atoms with Gasteiger partial charge in [-0.2, -0.15) is 13.2 Å². The molecular weight excluding hydrogens is 449 g/mol. The van der Waals surface area contributed by atoms with Gasteiger partial charge >= 0.3 is 6.18 Å². The summed E-state index contributed by atoms with van der Waals surface area (Å²) in [7, 11) is 1.47. The molecule has 3 aromatic rings. The number of pyridine rings is 1. The predicted molar refractivity (Wildman–Crippen MR) is 109 cm³/mol. The number of aliphatic hydroxyl groups is 1. The summed E-state index contributed by atoms with van der Waals surface area (Å²) >= 11 is 3.36. The molecule has 0 saturated heterocycles. The molecule has 0 aliphatic heterocycles. The number of H-pyrrole nitrogens is 1. The first-order valence-electron chi connectivity index (χ1n) is 9.00. The van der Waals surface area contributed by atoms with Gasteiger partial charge in [-0.15, -0.1) is 0 Å². The molecule has 0 amide bonds. The fraction of sp³-hybridized carbons (Fsp3) is 0.381. The highest BCUT2D eigenvalue weighted by Gasteiger charge is 2.56. The van der Waals surface area contributed by atoms with Crippen molar-refractivity contribution >= 4 is 26.8 Å². The van der Waals surface area contributed by atoms with E-state index in [1.54, 1.807) is 56.6 Å². The third-order valence-corrected chi connectivity index (χ3v) is 5.61. The van der Waals surface area contributed by atoms with E-state index in [-0.39, 0.29) is 0 Å². The Kier molecular flexibility index (Phi) is 5.71. The van der Waals surface area contributed by atoms with Crippen LogP contribution in [0.3, 0.4) is 0 Å². The van der Waals surface area contributed by atoms with Crippen molar-refractivity contribution in [1.82, 2.24) is 9.97 Å². The molecule has 2 heterocycles. The topological polar surface area (TPSA) is 58.1 Å². The minimum atomic E-state index is -4.82. The number of aromatic nitrogens is 2. The number of halogens is 4. The summed E-state index contributed by atoms with van der Waals surface area (Å²) in [4.78, 5) is 6.89. The van der Waals surface area contributed by atoms with Crippen molar-refractivity contribution in [2.45, 2.75) is 43.9 Å². The Bertz CT molecular complexity index is 984. The standard InChI is InChI=1S/C21H22BrF3N2O2/c1-19(2,16-9-14(22)4-5-18(16)29-3)12-20(28,21(23,24)25)10-15-8-13-6-7-26-11-17(13)27-15/h4-9,11,27-28H,10,12H2,1-3H3/t20-/m0/s1. The number of aromatic amines is 1. The minimum absolute atomic E-state index is 0.296. The molecule has 0 radical (unpaired) electrons. The Morgan fingerprint density at radius 2 is 1.90 bits per heavy atom. The highest BCUT2D eigenvalue weighted by molar-refractivity contribution is 9.10. The molecule has 2 N–H and O–H groups in total. The average molecular weight is 471 g/mol. The zero-order chi connectivity index (χ0) is 21.4. The number of benzene rings is 1. The normalized spacial score (nSPS) is 14.8. The highest BCUT2D eigenvalue weighted by atomic mass is 79.9. The van der Waals surface area contributed by atoms with Gasteiger partial charge in [0.15, 0.2) is 5.60 Å². The van der Waals surface area contributed by atoms with Gasteiger partial charge in [0.2, 0.25) is 0 Å². The molecule has 0 aliphatic rings. The molecule has 8 heteroatoms. The van der Waals surface area contributed by atoms with Crippen molar-refractivity contribution in [2.75, 3.05) is 7.11 Å². The van der Waals surface area contributed by atoms with Crippen molar-refractivity contribution < 1.29 is 23.0 Å². The number of hydrogen-bond acceptors (Lipinski definition) is 3. The molecule has 3 rings (SSSR count). The molecule has 29 heavy (non-hydrogen) atoms. The van der Waals surface area contributed by atoms with Crippen LogP contribution in [0.4, 0.5) is 13.2 Å². The Hall–Kier alpha value is -2.06. The van der Waals surface area contributed by atoms with Crippen molar-refractivity contribution in [3.05, 3.63) is 58.5 Å². The lowest BCUT2D eigenvalue weighted by atomic mass is 9.73. The summed E-state index contributed by atoms with van der Waals surface area (Å²) in [5, 5.41) is 11.6. The van der Waals surface area contributed by atoms with Crippen LogP contribution in [0.25, 0.3) is 10.9 Å². The maximum absolute atomic E-state index is 14.0. The fourth-order valence-corrected chi connectivity index (χ4v) is 4.10. The summed E-state index contributed by atoms with van der Waals surface area (Å²) in [6.07, 6.45) is -2.84. The lowest BCUT2D eigenvalue weighted by Crippen LogP contribution is -2.51. The Morgan fingerprint density at radius 3 is 2.52 bits per heavy atom. The molecule has 1 aromatic carbocycles. The number of methoxy groups -OCH3 is 1. The van der Waals surface area contributed by atoms with E-state index in [9.17, 15) is 18.3 Å². The van der Waals surface area contributed by atoms with Crippen LogP contribution in [0.1, 0.15) is 31.5 Å². The maximum Gasteiger partial charge on any atom is 0.417 e. The van der Waals surface area contributed by atoms with Crippen LogP contribution in [0.5, 0.6) is 5.75 Å². The SMILES string of the molecule is COc1ccc(Br)cc1C(C)(C)C[C@@](O)(Cc1cc2ccncc2[nH]1)C(F)(F)F. The number of alkyl halides is 3. The summed E-state index contributed by atoms with van der Waals surface area (Å²) in [5.41, 5.74) is -2.45. The van der Waals surface area contributed by atoms with Gasteiger partial charge in [-0.3, -0.25) is 4.98 Å². The van der Waals surface area contributed by atoms with E-state index in [1.165, 1.54) is 7.11 Å². The van der Waals surface area contributed by atoms with Gasteiger partial charge in [-0.25, -0.2) is 0 Å². The second-order valence-electron chi connectivity index (χ2n) is 7.87. The molecule has 156 valence electrons. The average Bonchev–Trinajstić information content (AvgIpc) is 3.02. The third kappa shape index (κ3) is 4.43. The van der Waals surface area contributed by atoms with Crippen LogP contribution in [0.15, 0.2) is 47.2 Å². The van der Waals surface area contributed by atoms with Crippen LogP contribution >= 0.6 is 15.9 Å². The van der Waals surface area contributed by atoms with Crippen molar-refractivity contribution in [1.29, 1.82) is 0 Å². The molecule has 0 saturated carbocycles. The molecule has 4 nitrogen and oxygen atoms in total. The van der Waals surface area contributed by atoms with Crippen molar-refractivity contribution in [2.24, 2.45) is 0 Å². The molecule has 0 aliphatic carbocycles. The number of nitrogens with zero attached hydrogens (tertiary/aromatic N) is 1. The van der Waals surface area contributed by atoms with E-state index in [0.717, 1.165) is 9.86 Å². The van der Waals surface area contributed by atoms with Gasteiger partial charge in [-0.1, -0.05) is 29.8 Å². The molecule has 1 atom stereocenters. The maximum atomic E-state index is 14.0. The number of fused-ring (bicyclic) bond motifs is 1. The summed E-state index contributed by atoms with van der Waals surface area (Å²) in [6.45, 7) is 3.34.